The average molecular weight is 103 g/mol. The van der Waals surface area contributed by atoms with Crippen LogP contribution in [0.2, 0.25) is 0 Å². The molecule has 0 aromatic rings. The first-order chi connectivity index (χ1) is 2.24. The Morgan fingerprint density at radius 3 is 0.667 bits per heavy atom. The summed E-state index contributed by atoms with van der Waals surface area (Å²) < 4.78 is 43.4. The third-order valence-corrected chi connectivity index (χ3v) is 0. The van der Waals surface area contributed by atoms with Gasteiger partial charge in [0.1, 0.15) is 0 Å². The molecule has 0 saturated carbocycles. The molecule has 0 aromatic carbocycles. The molecule has 0 heterocycles. The molecule has 0 spiro atoms. The van der Waals surface area contributed by atoms with Gasteiger partial charge in [0.25, 0.3) is 0 Å². The summed E-state index contributed by atoms with van der Waals surface area (Å²) in [5.41, 5.74) is 0. The van der Waals surface area contributed by atoms with Gasteiger partial charge < -0.3 is 0 Å². The first-order valence-corrected chi connectivity index (χ1v) is 6.12. The van der Waals surface area contributed by atoms with Crippen LogP contribution in [0.15, 0.2) is 0 Å². The summed E-state index contributed by atoms with van der Waals surface area (Å²) in [4.78, 5) is 0. The van der Waals surface area contributed by atoms with Crippen LogP contribution in [0.3, 0.4) is 0 Å². The molecule has 0 rings (SSSR count). The Hall–Kier alpha value is 0.0000000000000000555. The van der Waals surface area contributed by atoms with Crippen molar-refractivity contribution in [2.45, 2.75) is 0 Å². The zero-order valence-electron chi connectivity index (χ0n) is 3.04. The van der Waals surface area contributed by atoms with Crippen molar-refractivity contribution < 1.29 is 12.1 Å². The van der Waals surface area contributed by atoms with Gasteiger partial charge in [0, 0.05) is 0 Å². The second-order valence-corrected chi connectivity index (χ2v) is 5.00. The van der Waals surface area contributed by atoms with E-state index in [9.17, 15) is 0 Å². The van der Waals surface area contributed by atoms with Gasteiger partial charge in [0.15, 0.2) is 0 Å². The van der Waals surface area contributed by atoms with Gasteiger partial charge in [0.05, 0.1) is 0 Å². The zero-order valence-corrected chi connectivity index (χ0v) is 5.04. The molecule has 0 aliphatic rings. The second kappa shape index (κ2) is 0.800. The Morgan fingerprint density at radius 1 is 0.667 bits per heavy atom. The van der Waals surface area contributed by atoms with Crippen molar-refractivity contribution in [1.29, 1.82) is 0 Å². The SMILES string of the molecule is [O]=[Na](=[O])(=[O])(=[O])=[O]. The van der Waals surface area contributed by atoms with E-state index in [0.717, 1.165) is 0 Å². The Morgan fingerprint density at radius 2 is 0.667 bits per heavy atom. The van der Waals surface area contributed by atoms with E-state index < -0.39 is 21.6 Å². The summed E-state index contributed by atoms with van der Waals surface area (Å²) in [7, 11) is 0. The fourth-order valence-corrected chi connectivity index (χ4v) is 0. The van der Waals surface area contributed by atoms with Crippen LogP contribution in [0.25, 0.3) is 0 Å². The van der Waals surface area contributed by atoms with Crippen molar-refractivity contribution in [3.8, 4) is 0 Å². The van der Waals surface area contributed by atoms with Crippen LogP contribution in [-0.4, -0.2) is 21.6 Å². The summed E-state index contributed by atoms with van der Waals surface area (Å²) in [6.07, 6.45) is 0. The topological polar surface area (TPSA) is 85.3 Å². The molecule has 6 heteroatoms. The van der Waals surface area contributed by atoms with E-state index in [4.69, 9.17) is 12.1 Å². The molecule has 0 aliphatic heterocycles. The molecule has 6 heavy (non-hydrogen) atoms. The Labute approximate surface area is 33.9 Å². The van der Waals surface area contributed by atoms with E-state index >= 15 is 0 Å². The van der Waals surface area contributed by atoms with Crippen molar-refractivity contribution in [3.63, 3.8) is 0 Å². The van der Waals surface area contributed by atoms with Crippen molar-refractivity contribution in [2.24, 2.45) is 0 Å². The van der Waals surface area contributed by atoms with E-state index in [1.165, 1.54) is 0 Å². The second-order valence-electron chi connectivity index (χ2n) is 1.67. The van der Waals surface area contributed by atoms with Crippen LogP contribution in [-0.2, 0) is 12.1 Å². The molecule has 0 amide bonds. The third-order valence-electron chi connectivity index (χ3n) is 0. The molecule has 0 aromatic heterocycles. The number of rotatable bonds is 0. The summed E-state index contributed by atoms with van der Waals surface area (Å²) in [5, 5.41) is 0. The van der Waals surface area contributed by atoms with E-state index in [0.29, 0.717) is 0 Å². The Bertz CT molecular complexity index is 274. The number of hydrogen-bond acceptors (Lipinski definition) is 5. The van der Waals surface area contributed by atoms with Gasteiger partial charge in [-0.25, -0.2) is 0 Å². The van der Waals surface area contributed by atoms with Gasteiger partial charge in [0.2, 0.25) is 0 Å². The van der Waals surface area contributed by atoms with Crippen LogP contribution in [0.5, 0.6) is 0 Å². The van der Waals surface area contributed by atoms with Crippen molar-refractivity contribution in [1.82, 2.24) is 0 Å². The standard InChI is InChI=1S/Na.5O. The van der Waals surface area contributed by atoms with Gasteiger partial charge in [-0.15, -0.1) is 0 Å². The van der Waals surface area contributed by atoms with Crippen molar-refractivity contribution in [3.05, 3.63) is 0 Å². The molecule has 0 bridgehead atoms. The van der Waals surface area contributed by atoms with Gasteiger partial charge >= 0.3 is 33.7 Å². The van der Waals surface area contributed by atoms with Crippen molar-refractivity contribution >= 4 is 21.6 Å². The predicted octanol–water partition coefficient (Wildman–Crippen LogP) is -0.975. The van der Waals surface area contributed by atoms with E-state index in [2.05, 4.69) is 0 Å². The Kier molecular flexibility index (Phi) is 0.800. The quantitative estimate of drug-likeness (QED) is 0.368. The normalized spacial score (nSPS) is 18.3. The number of hydrogen-bond donors (Lipinski definition) is 0. The molecule has 5 nitrogen and oxygen atoms in total. The van der Waals surface area contributed by atoms with Gasteiger partial charge in [-0.2, -0.15) is 0 Å². The molecule has 0 fully saturated rings. The first kappa shape index (κ1) is 6.00. The Balaban J connectivity index is 7.45. The zero-order chi connectivity index (χ0) is 5.45. The van der Waals surface area contributed by atoms with Crippen LogP contribution < -0.4 is 0 Å². The maximum atomic E-state index is 8.68. The molecular weight excluding hydrogens is 103 g/mol. The fraction of sp³-hybridized carbons (Fsp3) is 0. The molecule has 0 atom stereocenters. The van der Waals surface area contributed by atoms with E-state index in [-0.39, 0.29) is 0 Å². The predicted molar refractivity (Wildman–Crippen MR) is 9.19 cm³/mol. The van der Waals surface area contributed by atoms with Gasteiger partial charge in [-0.1, -0.05) is 0 Å². The molecule has 0 radical (unpaired) electrons. The summed E-state index contributed by atoms with van der Waals surface area (Å²) in [6.45, 7) is 0. The molecule has 31 valence electrons. The molecule has 0 N–H and O–H groups in total. The van der Waals surface area contributed by atoms with E-state index in [1.807, 2.05) is 0 Å². The minimum absolute atomic E-state index is 8.10. The molecule has 0 saturated heterocycles. The average Bonchev–Trinajstić information content (AvgIpc) is 0.650. The van der Waals surface area contributed by atoms with Crippen molar-refractivity contribution in [2.75, 3.05) is 0 Å². The summed E-state index contributed by atoms with van der Waals surface area (Å²) >= 11 is -8.10. The monoisotopic (exact) mass is 103 g/mol. The van der Waals surface area contributed by atoms with Gasteiger partial charge in [-0.05, 0) is 0 Å². The van der Waals surface area contributed by atoms with Crippen LogP contribution >= 0.6 is 0 Å². The van der Waals surface area contributed by atoms with Gasteiger partial charge in [-0.3, -0.25) is 0 Å². The van der Waals surface area contributed by atoms with Crippen LogP contribution in [0.1, 0.15) is 0 Å². The minimum atomic E-state index is -8.10. The van der Waals surface area contributed by atoms with Crippen LogP contribution in [0.4, 0.5) is 0 Å². The van der Waals surface area contributed by atoms with Crippen LogP contribution in [0, 0.1) is 0 Å². The summed E-state index contributed by atoms with van der Waals surface area (Å²) in [6, 6.07) is 0. The molecule has 0 unspecified atom stereocenters. The van der Waals surface area contributed by atoms with E-state index in [1.54, 1.807) is 0 Å². The molecule has 0 aliphatic carbocycles. The first-order valence-electron chi connectivity index (χ1n) is 2.04. The molecular formula is NaO5. The summed E-state index contributed by atoms with van der Waals surface area (Å²) in [5.74, 6) is 0. The fourth-order valence-electron chi connectivity index (χ4n) is 0. The third kappa shape index (κ3) is 11700000000000000573797782385590272. The maximum absolute atomic E-state index is 8.68.